The van der Waals surface area contributed by atoms with Crippen LogP contribution in [0, 0.1) is 0 Å². The number of aromatic nitrogens is 4. The fraction of sp³-hybridized carbons (Fsp3) is 0.389. The van der Waals surface area contributed by atoms with E-state index in [1.54, 1.807) is 17.5 Å². The first kappa shape index (κ1) is 19.7. The smallest absolute Gasteiger partial charge is 0.276 e. The Morgan fingerprint density at radius 2 is 2.14 bits per heavy atom. The highest BCUT2D eigenvalue weighted by Gasteiger charge is 2.09. The molecule has 0 unspecified atom stereocenters. The summed E-state index contributed by atoms with van der Waals surface area (Å²) in [6.07, 6.45) is 2.31. The topological polar surface area (TPSA) is 104 Å². The molecule has 0 aromatic carbocycles. The van der Waals surface area contributed by atoms with Crippen molar-refractivity contribution in [2.24, 2.45) is 4.99 Å². The van der Waals surface area contributed by atoms with E-state index >= 15 is 0 Å². The van der Waals surface area contributed by atoms with E-state index in [4.69, 9.17) is 4.52 Å². The number of aliphatic imine (C=N–C) groups is 1. The number of rotatable bonds is 8. The largest absolute Gasteiger partial charge is 0.357 e. The number of nitrogens with zero attached hydrogens (tertiary/aromatic N) is 6. The molecular formula is C18H24N8OS. The van der Waals surface area contributed by atoms with Gasteiger partial charge in [-0.2, -0.15) is 4.98 Å². The molecule has 0 aliphatic rings. The number of pyridine rings is 1. The van der Waals surface area contributed by atoms with E-state index in [9.17, 15) is 0 Å². The summed E-state index contributed by atoms with van der Waals surface area (Å²) in [4.78, 5) is 19.7. The van der Waals surface area contributed by atoms with Gasteiger partial charge in [-0.05, 0) is 19.1 Å². The highest BCUT2D eigenvalue weighted by atomic mass is 32.1. The zero-order valence-electron chi connectivity index (χ0n) is 16.2. The van der Waals surface area contributed by atoms with E-state index in [-0.39, 0.29) is 0 Å². The minimum Gasteiger partial charge on any atom is -0.357 e. The van der Waals surface area contributed by atoms with Gasteiger partial charge in [0.2, 0.25) is 0 Å². The lowest BCUT2D eigenvalue weighted by Crippen LogP contribution is -2.38. The second-order valence-electron chi connectivity index (χ2n) is 6.12. The third-order valence-electron chi connectivity index (χ3n) is 3.66. The van der Waals surface area contributed by atoms with Crippen LogP contribution in [-0.2, 0) is 13.0 Å². The van der Waals surface area contributed by atoms with Crippen molar-refractivity contribution >= 4 is 22.4 Å². The lowest BCUT2D eigenvalue weighted by molar-refractivity contribution is 0.421. The van der Waals surface area contributed by atoms with E-state index in [1.807, 2.05) is 49.5 Å². The Morgan fingerprint density at radius 1 is 1.25 bits per heavy atom. The molecule has 9 nitrogen and oxygen atoms in total. The molecule has 3 rings (SSSR count). The van der Waals surface area contributed by atoms with Crippen molar-refractivity contribution < 1.29 is 4.52 Å². The Labute approximate surface area is 167 Å². The van der Waals surface area contributed by atoms with Gasteiger partial charge in [0, 0.05) is 45.2 Å². The maximum atomic E-state index is 5.27. The van der Waals surface area contributed by atoms with Gasteiger partial charge < -0.3 is 20.1 Å². The van der Waals surface area contributed by atoms with Gasteiger partial charge in [0.25, 0.3) is 5.89 Å². The number of hydrogen-bond acceptors (Lipinski definition) is 8. The quantitative estimate of drug-likeness (QED) is 0.437. The molecule has 10 heteroatoms. The molecule has 0 saturated heterocycles. The van der Waals surface area contributed by atoms with Crippen LogP contribution in [-0.4, -0.2) is 53.3 Å². The molecule has 0 aliphatic carbocycles. The Kier molecular flexibility index (Phi) is 6.90. The van der Waals surface area contributed by atoms with Crippen LogP contribution in [0.4, 0.5) is 5.13 Å². The molecule has 0 atom stereocenters. The summed E-state index contributed by atoms with van der Waals surface area (Å²) in [5.74, 6) is 1.78. The van der Waals surface area contributed by atoms with Crippen molar-refractivity contribution in [2.45, 2.75) is 19.9 Å². The second-order valence-corrected chi connectivity index (χ2v) is 6.96. The third-order valence-corrected chi connectivity index (χ3v) is 4.72. The number of hydrogen-bond donors (Lipinski definition) is 2. The van der Waals surface area contributed by atoms with Crippen molar-refractivity contribution in [3.63, 3.8) is 0 Å². The van der Waals surface area contributed by atoms with Crippen LogP contribution in [0.15, 0.2) is 39.3 Å². The minimum absolute atomic E-state index is 0.427. The van der Waals surface area contributed by atoms with Crippen molar-refractivity contribution in [1.29, 1.82) is 0 Å². The lowest BCUT2D eigenvalue weighted by Gasteiger charge is -2.10. The molecule has 0 saturated carbocycles. The van der Waals surface area contributed by atoms with E-state index in [0.29, 0.717) is 36.9 Å². The SMILES string of the molecule is CCNC(=NCc1csc(N(C)C)n1)NCCc1noc(-c2ccccn2)n1. The summed E-state index contributed by atoms with van der Waals surface area (Å²) in [5, 5.41) is 13.5. The summed E-state index contributed by atoms with van der Waals surface area (Å²) in [6, 6.07) is 5.57. The third kappa shape index (κ3) is 5.49. The maximum absolute atomic E-state index is 5.27. The zero-order valence-corrected chi connectivity index (χ0v) is 17.0. The van der Waals surface area contributed by atoms with Crippen LogP contribution < -0.4 is 15.5 Å². The van der Waals surface area contributed by atoms with Crippen molar-refractivity contribution in [3.05, 3.63) is 41.3 Å². The van der Waals surface area contributed by atoms with Crippen molar-refractivity contribution in [2.75, 3.05) is 32.1 Å². The Morgan fingerprint density at radius 3 is 2.86 bits per heavy atom. The summed E-state index contributed by atoms with van der Waals surface area (Å²) >= 11 is 1.61. The molecule has 0 aliphatic heterocycles. The van der Waals surface area contributed by atoms with Crippen LogP contribution >= 0.6 is 11.3 Å². The maximum Gasteiger partial charge on any atom is 0.276 e. The molecule has 0 radical (unpaired) electrons. The van der Waals surface area contributed by atoms with E-state index in [0.717, 1.165) is 23.3 Å². The van der Waals surface area contributed by atoms with Crippen LogP contribution in [0.2, 0.25) is 0 Å². The first-order chi connectivity index (χ1) is 13.7. The second kappa shape index (κ2) is 9.79. The predicted octanol–water partition coefficient (Wildman–Crippen LogP) is 1.95. The monoisotopic (exact) mass is 400 g/mol. The molecular weight excluding hydrogens is 376 g/mol. The Hall–Kier alpha value is -3.01. The summed E-state index contributed by atoms with van der Waals surface area (Å²) in [5.41, 5.74) is 1.62. The van der Waals surface area contributed by atoms with Crippen LogP contribution in [0.1, 0.15) is 18.4 Å². The molecule has 3 heterocycles. The normalized spacial score (nSPS) is 11.5. The minimum atomic E-state index is 0.427. The molecule has 3 aromatic heterocycles. The van der Waals surface area contributed by atoms with E-state index in [2.05, 4.69) is 35.7 Å². The summed E-state index contributed by atoms with van der Waals surface area (Å²) < 4.78 is 5.27. The zero-order chi connectivity index (χ0) is 19.8. The molecule has 3 aromatic rings. The molecule has 0 amide bonds. The van der Waals surface area contributed by atoms with Crippen molar-refractivity contribution in [1.82, 2.24) is 30.7 Å². The fourth-order valence-electron chi connectivity index (χ4n) is 2.32. The van der Waals surface area contributed by atoms with Crippen LogP contribution in [0.3, 0.4) is 0 Å². The van der Waals surface area contributed by atoms with Crippen LogP contribution in [0.5, 0.6) is 0 Å². The van der Waals surface area contributed by atoms with Gasteiger partial charge in [-0.3, -0.25) is 4.98 Å². The average molecular weight is 401 g/mol. The highest BCUT2D eigenvalue weighted by molar-refractivity contribution is 7.13. The Balaban J connectivity index is 1.52. The molecule has 0 bridgehead atoms. The van der Waals surface area contributed by atoms with Crippen LogP contribution in [0.25, 0.3) is 11.6 Å². The number of nitrogens with one attached hydrogen (secondary N) is 2. The van der Waals surface area contributed by atoms with Gasteiger partial charge in [0.1, 0.15) is 5.69 Å². The summed E-state index contributed by atoms with van der Waals surface area (Å²) in [7, 11) is 3.96. The number of guanidine groups is 1. The number of anilines is 1. The Bertz CT molecular complexity index is 890. The molecule has 28 heavy (non-hydrogen) atoms. The first-order valence-corrected chi connectivity index (χ1v) is 9.91. The van der Waals surface area contributed by atoms with Gasteiger partial charge in [0.15, 0.2) is 16.9 Å². The lowest BCUT2D eigenvalue weighted by atomic mass is 10.3. The molecule has 148 valence electrons. The van der Waals surface area contributed by atoms with Gasteiger partial charge in [-0.1, -0.05) is 11.2 Å². The van der Waals surface area contributed by atoms with Crippen molar-refractivity contribution in [3.8, 4) is 11.6 Å². The standard InChI is InChI=1S/C18H24N8OS/c1-4-19-17(22-11-13-12-28-18(23-13)26(2)3)21-10-8-15-24-16(27-25-15)14-7-5-6-9-20-14/h5-7,9,12H,4,8,10-11H2,1-3H3,(H2,19,21,22). The average Bonchev–Trinajstić information content (AvgIpc) is 3.37. The predicted molar refractivity (Wildman–Crippen MR) is 110 cm³/mol. The van der Waals surface area contributed by atoms with Gasteiger partial charge in [-0.25, -0.2) is 9.98 Å². The van der Waals surface area contributed by atoms with Gasteiger partial charge >= 0.3 is 0 Å². The molecule has 0 fully saturated rings. The fourth-order valence-corrected chi connectivity index (χ4v) is 3.07. The number of thiazole rings is 1. The molecule has 2 N–H and O–H groups in total. The highest BCUT2D eigenvalue weighted by Crippen LogP contribution is 2.18. The van der Waals surface area contributed by atoms with Gasteiger partial charge in [-0.15, -0.1) is 11.3 Å². The van der Waals surface area contributed by atoms with Gasteiger partial charge in [0.05, 0.1) is 12.2 Å². The van der Waals surface area contributed by atoms with E-state index < -0.39 is 0 Å². The molecule has 0 spiro atoms. The summed E-state index contributed by atoms with van der Waals surface area (Å²) in [6.45, 7) is 3.96. The first-order valence-electron chi connectivity index (χ1n) is 9.03. The van der Waals surface area contributed by atoms with E-state index in [1.165, 1.54) is 0 Å².